The minimum atomic E-state index is -0.658. The van der Waals surface area contributed by atoms with Gasteiger partial charge in [-0.05, 0) is 88.0 Å². The van der Waals surface area contributed by atoms with Gasteiger partial charge in [0.05, 0.1) is 23.0 Å². The van der Waals surface area contributed by atoms with Crippen LogP contribution in [0.15, 0.2) is 106 Å². The standard InChI is InChI=1S/C34H45FN6O/c1-10-14-15-24(32(21(6)12-3)40-34(38-9)27(35)13-4)23(8)18-25(33(37)42)31(36)30(20(5)11-2)29-22(7)16-17-28-26(29)19-39-41-28/h10,13-19,38,40H,4,11-12,36H2,1-3,5-9H3,(H2,37,42)(H,39,41)/b14-10-,23-18+,24-15-,30-20+,31-25-,32-21-,34-27-. The van der Waals surface area contributed by atoms with Gasteiger partial charge < -0.3 is 22.1 Å². The number of halogens is 1. The molecule has 0 unspecified atom stereocenters. The molecule has 1 heterocycles. The second kappa shape index (κ2) is 15.4. The van der Waals surface area contributed by atoms with Gasteiger partial charge in [0, 0.05) is 29.3 Å². The number of allylic oxidation sites excluding steroid dienone is 9. The highest BCUT2D eigenvalue weighted by Crippen LogP contribution is 2.35. The number of hydrogen-bond donors (Lipinski definition) is 5. The number of aromatic amines is 1. The molecule has 0 aliphatic carbocycles. The Labute approximate surface area is 249 Å². The monoisotopic (exact) mass is 572 g/mol. The molecule has 8 heteroatoms. The van der Waals surface area contributed by atoms with Gasteiger partial charge in [0.1, 0.15) is 5.82 Å². The predicted octanol–water partition coefficient (Wildman–Crippen LogP) is 7.02. The van der Waals surface area contributed by atoms with Gasteiger partial charge in [0.2, 0.25) is 0 Å². The van der Waals surface area contributed by atoms with Gasteiger partial charge in [-0.3, -0.25) is 9.89 Å². The molecule has 2 rings (SSSR count). The Balaban J connectivity index is 2.93. The number of nitrogens with one attached hydrogen (secondary N) is 3. The Morgan fingerprint density at radius 1 is 1.14 bits per heavy atom. The molecule has 0 radical (unpaired) electrons. The van der Waals surface area contributed by atoms with E-state index in [4.69, 9.17) is 11.5 Å². The maximum absolute atomic E-state index is 14.6. The number of carbonyl (C=O) groups excluding carboxylic acids is 1. The van der Waals surface area contributed by atoms with Gasteiger partial charge >= 0.3 is 0 Å². The fourth-order valence-electron chi connectivity index (χ4n) is 4.58. The molecule has 0 fully saturated rings. The summed E-state index contributed by atoms with van der Waals surface area (Å²) in [6, 6.07) is 3.97. The average molecular weight is 573 g/mol. The molecule has 1 aromatic carbocycles. The zero-order valence-corrected chi connectivity index (χ0v) is 26.1. The van der Waals surface area contributed by atoms with Gasteiger partial charge in [0.15, 0.2) is 5.83 Å². The lowest BCUT2D eigenvalue weighted by Crippen LogP contribution is -2.26. The molecule has 0 saturated heterocycles. The average Bonchev–Trinajstić information content (AvgIpc) is 3.46. The molecular weight excluding hydrogens is 527 g/mol. The number of rotatable bonds is 13. The van der Waals surface area contributed by atoms with Crippen LogP contribution in [0.1, 0.15) is 65.5 Å². The Morgan fingerprint density at radius 2 is 1.81 bits per heavy atom. The van der Waals surface area contributed by atoms with Crippen molar-refractivity contribution in [2.45, 2.75) is 61.3 Å². The lowest BCUT2D eigenvalue weighted by atomic mass is 9.88. The fraction of sp³-hybridized carbons (Fsp3) is 0.294. The summed E-state index contributed by atoms with van der Waals surface area (Å²) in [6.45, 7) is 17.4. The van der Waals surface area contributed by atoms with Gasteiger partial charge in [-0.15, -0.1) is 0 Å². The highest BCUT2D eigenvalue weighted by Gasteiger charge is 2.21. The topological polar surface area (TPSA) is 122 Å². The molecular formula is C34H45FN6O. The van der Waals surface area contributed by atoms with Crippen LogP contribution in [0, 0.1) is 6.92 Å². The molecule has 0 atom stereocenters. The third kappa shape index (κ3) is 7.57. The molecule has 1 amide bonds. The van der Waals surface area contributed by atoms with E-state index < -0.39 is 11.7 Å². The number of H-pyrrole nitrogens is 1. The zero-order valence-electron chi connectivity index (χ0n) is 26.1. The minimum Gasteiger partial charge on any atom is -0.398 e. The van der Waals surface area contributed by atoms with E-state index in [1.807, 2.05) is 78.8 Å². The predicted molar refractivity (Wildman–Crippen MR) is 174 cm³/mol. The summed E-state index contributed by atoms with van der Waals surface area (Å²) < 4.78 is 14.6. The third-order valence-electron chi connectivity index (χ3n) is 7.25. The molecule has 0 aliphatic heterocycles. The first kappa shape index (κ1) is 33.6. The number of nitrogens with zero attached hydrogens (tertiary/aromatic N) is 1. The van der Waals surface area contributed by atoms with Gasteiger partial charge in [-0.2, -0.15) is 5.10 Å². The first-order valence-electron chi connectivity index (χ1n) is 14.1. The number of amides is 1. The van der Waals surface area contributed by atoms with Crippen LogP contribution in [0.3, 0.4) is 0 Å². The number of hydrogen-bond acceptors (Lipinski definition) is 5. The third-order valence-corrected chi connectivity index (χ3v) is 7.25. The van der Waals surface area contributed by atoms with Crippen molar-refractivity contribution in [3.63, 3.8) is 0 Å². The quantitative estimate of drug-likeness (QED) is 0.130. The second-order valence-electron chi connectivity index (χ2n) is 10.0. The highest BCUT2D eigenvalue weighted by atomic mass is 19.1. The summed E-state index contributed by atoms with van der Waals surface area (Å²) >= 11 is 0. The number of aryl methyl sites for hydroxylation is 1. The van der Waals surface area contributed by atoms with Crippen molar-refractivity contribution < 1.29 is 9.18 Å². The maximum Gasteiger partial charge on any atom is 0.250 e. The minimum absolute atomic E-state index is 0.171. The summed E-state index contributed by atoms with van der Waals surface area (Å²) in [5.41, 5.74) is 21.0. The lowest BCUT2D eigenvalue weighted by Gasteiger charge is -2.21. The van der Waals surface area contributed by atoms with Crippen molar-refractivity contribution in [2.24, 2.45) is 11.5 Å². The fourth-order valence-corrected chi connectivity index (χ4v) is 4.58. The summed E-state index contributed by atoms with van der Waals surface area (Å²) in [7, 11) is 1.63. The molecule has 1 aromatic heterocycles. The van der Waals surface area contributed by atoms with Crippen LogP contribution in [0.4, 0.5) is 4.39 Å². The summed E-state index contributed by atoms with van der Waals surface area (Å²) in [4.78, 5) is 13.0. The van der Waals surface area contributed by atoms with Crippen LogP contribution in [-0.2, 0) is 4.79 Å². The zero-order chi connectivity index (χ0) is 31.6. The smallest absolute Gasteiger partial charge is 0.250 e. The molecule has 2 aromatic rings. The van der Waals surface area contributed by atoms with E-state index in [1.165, 1.54) is 0 Å². The SMILES string of the molecule is C=C/C(F)=C(\NC)NC(/C(=C\C=C/C)C(/C)=C/C(C(N)=O)=C(N)\C(=C(/C)CC)c1c(C)ccc2[nH]ncc12)=C(/C)CC. The van der Waals surface area contributed by atoms with E-state index in [1.54, 1.807) is 19.3 Å². The van der Waals surface area contributed by atoms with Crippen molar-refractivity contribution in [1.82, 2.24) is 20.8 Å². The normalized spacial score (nSPS) is 15.2. The largest absolute Gasteiger partial charge is 0.398 e. The number of nitrogens with two attached hydrogens (primary N) is 2. The number of aromatic nitrogens is 2. The molecule has 42 heavy (non-hydrogen) atoms. The molecule has 0 aliphatic rings. The van der Waals surface area contributed by atoms with Crippen LogP contribution in [0.5, 0.6) is 0 Å². The number of primary amides is 1. The summed E-state index contributed by atoms with van der Waals surface area (Å²) in [6.07, 6.45) is 11.7. The molecule has 224 valence electrons. The number of benzene rings is 1. The van der Waals surface area contributed by atoms with Crippen molar-refractivity contribution in [1.29, 1.82) is 0 Å². The van der Waals surface area contributed by atoms with Crippen molar-refractivity contribution in [3.8, 4) is 0 Å². The van der Waals surface area contributed by atoms with Gasteiger partial charge in [-0.25, -0.2) is 4.39 Å². The number of fused-ring (bicyclic) bond motifs is 1. The van der Waals surface area contributed by atoms with Crippen LogP contribution in [0.25, 0.3) is 16.5 Å². The van der Waals surface area contributed by atoms with E-state index in [9.17, 15) is 9.18 Å². The van der Waals surface area contributed by atoms with E-state index in [2.05, 4.69) is 27.4 Å². The van der Waals surface area contributed by atoms with E-state index in [-0.39, 0.29) is 17.1 Å². The van der Waals surface area contributed by atoms with Crippen LogP contribution < -0.4 is 22.1 Å². The number of carbonyl (C=O) groups is 1. The Bertz CT molecular complexity index is 1560. The van der Waals surface area contributed by atoms with Crippen LogP contribution >= 0.6 is 0 Å². The molecule has 0 bridgehead atoms. The lowest BCUT2D eigenvalue weighted by molar-refractivity contribution is -0.114. The van der Waals surface area contributed by atoms with Crippen molar-refractivity contribution in [3.05, 3.63) is 117 Å². The van der Waals surface area contributed by atoms with E-state index >= 15 is 0 Å². The Hall–Kier alpha value is -4.59. The van der Waals surface area contributed by atoms with Crippen LogP contribution in [0.2, 0.25) is 0 Å². The second-order valence-corrected chi connectivity index (χ2v) is 10.0. The first-order valence-corrected chi connectivity index (χ1v) is 14.1. The van der Waals surface area contributed by atoms with Crippen molar-refractivity contribution in [2.75, 3.05) is 7.05 Å². The Kier molecular flexibility index (Phi) is 12.3. The maximum atomic E-state index is 14.6. The molecule has 7 N–H and O–H groups in total. The van der Waals surface area contributed by atoms with Crippen LogP contribution in [-0.4, -0.2) is 23.2 Å². The van der Waals surface area contributed by atoms with E-state index in [0.29, 0.717) is 24.1 Å². The van der Waals surface area contributed by atoms with Gasteiger partial charge in [0.25, 0.3) is 5.91 Å². The Morgan fingerprint density at radius 3 is 2.36 bits per heavy atom. The van der Waals surface area contributed by atoms with Crippen molar-refractivity contribution >= 4 is 22.4 Å². The summed E-state index contributed by atoms with van der Waals surface area (Å²) in [5, 5.41) is 14.2. The molecule has 7 nitrogen and oxygen atoms in total. The first-order chi connectivity index (χ1) is 20.0. The molecule has 0 spiro atoms. The summed E-state index contributed by atoms with van der Waals surface area (Å²) in [5.74, 6) is -1.01. The van der Waals surface area contributed by atoms with E-state index in [0.717, 1.165) is 50.4 Å². The highest BCUT2D eigenvalue weighted by molar-refractivity contribution is 6.04. The van der Waals surface area contributed by atoms with Gasteiger partial charge in [-0.1, -0.05) is 50.3 Å². The molecule has 0 saturated carbocycles.